The molecule has 0 aromatic rings. The molecule has 2 nitrogen and oxygen atoms in total. The van der Waals surface area contributed by atoms with Gasteiger partial charge in [0.05, 0.1) is 0 Å². The molecule has 0 saturated heterocycles. The summed E-state index contributed by atoms with van der Waals surface area (Å²) in [5.41, 5.74) is 0. The van der Waals surface area contributed by atoms with Gasteiger partial charge in [-0.2, -0.15) is 0 Å². The molecule has 2 unspecified atom stereocenters. The van der Waals surface area contributed by atoms with E-state index in [0.717, 1.165) is 25.8 Å². The maximum absolute atomic E-state index is 9.96. The first-order chi connectivity index (χ1) is 6.71. The Labute approximate surface area is 89.3 Å². The Morgan fingerprint density at radius 1 is 1.00 bits per heavy atom. The average molecular weight is 201 g/mol. The molecular formula is C12H27NO. The summed E-state index contributed by atoms with van der Waals surface area (Å²) in [4.78, 5) is 2.24. The smallest absolute Gasteiger partial charge is 0.107 e. The maximum atomic E-state index is 9.96. The highest BCUT2D eigenvalue weighted by molar-refractivity contribution is 4.71. The van der Waals surface area contributed by atoms with E-state index in [9.17, 15) is 5.11 Å². The van der Waals surface area contributed by atoms with Crippen molar-refractivity contribution < 1.29 is 5.11 Å². The highest BCUT2D eigenvalue weighted by atomic mass is 16.3. The normalized spacial score (nSPS) is 15.9. The lowest BCUT2D eigenvalue weighted by molar-refractivity contribution is -0.0306. The molecule has 0 heterocycles. The summed E-state index contributed by atoms with van der Waals surface area (Å²) in [5.74, 6) is 0. The predicted octanol–water partition coefficient (Wildman–Crippen LogP) is 3.01. The van der Waals surface area contributed by atoms with Crippen molar-refractivity contribution in [2.24, 2.45) is 0 Å². The van der Waals surface area contributed by atoms with Crippen LogP contribution in [0.3, 0.4) is 0 Å². The number of aliphatic hydroxyl groups excluding tert-OH is 1. The first-order valence-electron chi connectivity index (χ1n) is 6.14. The van der Waals surface area contributed by atoms with Gasteiger partial charge in [-0.05, 0) is 25.8 Å². The van der Waals surface area contributed by atoms with Crippen LogP contribution in [0.25, 0.3) is 0 Å². The summed E-state index contributed by atoms with van der Waals surface area (Å²) in [6.45, 7) is 9.64. The van der Waals surface area contributed by atoms with Gasteiger partial charge in [0, 0.05) is 6.04 Å². The second-order valence-corrected chi connectivity index (χ2v) is 3.95. The summed E-state index contributed by atoms with van der Waals surface area (Å²) in [5, 5.41) is 9.96. The molecule has 0 spiro atoms. The molecule has 0 bridgehead atoms. The summed E-state index contributed by atoms with van der Waals surface area (Å²) in [7, 11) is 0. The molecule has 0 aliphatic rings. The molecule has 86 valence electrons. The van der Waals surface area contributed by atoms with Gasteiger partial charge in [0.1, 0.15) is 6.23 Å². The van der Waals surface area contributed by atoms with Gasteiger partial charge >= 0.3 is 0 Å². The summed E-state index contributed by atoms with van der Waals surface area (Å²) >= 11 is 0. The average Bonchev–Trinajstić information content (AvgIpc) is 2.18. The van der Waals surface area contributed by atoms with Crippen molar-refractivity contribution in [3.05, 3.63) is 0 Å². The van der Waals surface area contributed by atoms with Crippen LogP contribution in [0.15, 0.2) is 0 Å². The zero-order chi connectivity index (χ0) is 11.0. The molecule has 1 N–H and O–H groups in total. The Bertz CT molecular complexity index is 127. The summed E-state index contributed by atoms with van der Waals surface area (Å²) in [6, 6.07) is 0.562. The van der Waals surface area contributed by atoms with Crippen molar-refractivity contribution in [3.8, 4) is 0 Å². The Morgan fingerprint density at radius 2 is 1.57 bits per heavy atom. The van der Waals surface area contributed by atoms with Crippen molar-refractivity contribution in [2.75, 3.05) is 6.54 Å². The molecule has 0 fully saturated rings. The van der Waals surface area contributed by atoms with Crippen LogP contribution >= 0.6 is 0 Å². The van der Waals surface area contributed by atoms with E-state index in [1.54, 1.807) is 0 Å². The predicted molar refractivity (Wildman–Crippen MR) is 62.3 cm³/mol. The van der Waals surface area contributed by atoms with Crippen LogP contribution in [0.4, 0.5) is 0 Å². The van der Waals surface area contributed by atoms with Gasteiger partial charge in [0.2, 0.25) is 0 Å². The highest BCUT2D eigenvalue weighted by Crippen LogP contribution is 2.15. The molecule has 14 heavy (non-hydrogen) atoms. The van der Waals surface area contributed by atoms with E-state index in [1.165, 1.54) is 12.8 Å². The van der Waals surface area contributed by atoms with Crippen LogP contribution in [-0.2, 0) is 0 Å². The van der Waals surface area contributed by atoms with E-state index in [0.29, 0.717) is 6.04 Å². The number of rotatable bonds is 8. The van der Waals surface area contributed by atoms with Gasteiger partial charge in [-0.1, -0.05) is 40.5 Å². The molecular weight excluding hydrogens is 174 g/mol. The van der Waals surface area contributed by atoms with Crippen molar-refractivity contribution in [2.45, 2.75) is 72.1 Å². The Morgan fingerprint density at radius 3 is 1.93 bits per heavy atom. The van der Waals surface area contributed by atoms with E-state index in [4.69, 9.17) is 0 Å². The Kier molecular flexibility index (Phi) is 8.20. The van der Waals surface area contributed by atoms with E-state index >= 15 is 0 Å². The third-order valence-corrected chi connectivity index (χ3v) is 2.86. The standard InChI is InChI=1S/C12H27NO/c1-5-9-11(7-3)13(8-4)12(14)10-6-2/h11-12,14H,5-10H2,1-4H3. The SMILES string of the molecule is CCCC(O)N(CC)C(CC)CCC. The fourth-order valence-electron chi connectivity index (χ4n) is 2.07. The van der Waals surface area contributed by atoms with E-state index in [2.05, 4.69) is 32.6 Å². The van der Waals surface area contributed by atoms with Gasteiger partial charge in [0.25, 0.3) is 0 Å². The number of hydrogen-bond donors (Lipinski definition) is 1. The van der Waals surface area contributed by atoms with Gasteiger partial charge in [-0.3, -0.25) is 4.90 Å². The van der Waals surface area contributed by atoms with Gasteiger partial charge in [-0.15, -0.1) is 0 Å². The van der Waals surface area contributed by atoms with Crippen LogP contribution < -0.4 is 0 Å². The second kappa shape index (κ2) is 8.25. The minimum absolute atomic E-state index is 0.235. The third kappa shape index (κ3) is 4.43. The van der Waals surface area contributed by atoms with E-state index < -0.39 is 0 Å². The lowest BCUT2D eigenvalue weighted by Gasteiger charge is -2.34. The number of nitrogens with zero attached hydrogens (tertiary/aromatic N) is 1. The minimum atomic E-state index is -0.235. The number of hydrogen-bond acceptors (Lipinski definition) is 2. The molecule has 0 aromatic heterocycles. The summed E-state index contributed by atoms with van der Waals surface area (Å²) in [6.07, 6.45) is 5.26. The van der Waals surface area contributed by atoms with E-state index in [-0.39, 0.29) is 6.23 Å². The first-order valence-corrected chi connectivity index (χ1v) is 6.14. The fourth-order valence-corrected chi connectivity index (χ4v) is 2.07. The molecule has 0 aliphatic carbocycles. The van der Waals surface area contributed by atoms with Crippen LogP contribution in [0.2, 0.25) is 0 Å². The monoisotopic (exact) mass is 201 g/mol. The topological polar surface area (TPSA) is 23.5 Å². The molecule has 2 atom stereocenters. The molecule has 0 saturated carbocycles. The molecule has 0 rings (SSSR count). The molecule has 0 aromatic carbocycles. The van der Waals surface area contributed by atoms with E-state index in [1.807, 2.05) is 0 Å². The highest BCUT2D eigenvalue weighted by Gasteiger charge is 2.20. The van der Waals surface area contributed by atoms with Crippen molar-refractivity contribution >= 4 is 0 Å². The quantitative estimate of drug-likeness (QED) is 0.610. The van der Waals surface area contributed by atoms with Crippen LogP contribution in [0.5, 0.6) is 0 Å². The zero-order valence-corrected chi connectivity index (χ0v) is 10.3. The Hall–Kier alpha value is -0.0800. The largest absolute Gasteiger partial charge is 0.378 e. The van der Waals surface area contributed by atoms with Crippen molar-refractivity contribution in [1.29, 1.82) is 0 Å². The summed E-state index contributed by atoms with van der Waals surface area (Å²) < 4.78 is 0. The Balaban J connectivity index is 4.18. The van der Waals surface area contributed by atoms with Crippen LogP contribution in [0.1, 0.15) is 59.8 Å². The molecule has 0 radical (unpaired) electrons. The minimum Gasteiger partial charge on any atom is -0.378 e. The molecule has 0 aliphatic heterocycles. The van der Waals surface area contributed by atoms with Crippen LogP contribution in [-0.4, -0.2) is 28.8 Å². The maximum Gasteiger partial charge on any atom is 0.107 e. The zero-order valence-electron chi connectivity index (χ0n) is 10.3. The lowest BCUT2D eigenvalue weighted by Crippen LogP contribution is -2.42. The third-order valence-electron chi connectivity index (χ3n) is 2.86. The van der Waals surface area contributed by atoms with Gasteiger partial charge in [-0.25, -0.2) is 0 Å². The lowest BCUT2D eigenvalue weighted by atomic mass is 10.1. The van der Waals surface area contributed by atoms with Gasteiger partial charge in [0.15, 0.2) is 0 Å². The van der Waals surface area contributed by atoms with Gasteiger partial charge < -0.3 is 5.11 Å². The van der Waals surface area contributed by atoms with Crippen molar-refractivity contribution in [1.82, 2.24) is 4.90 Å². The number of aliphatic hydroxyl groups is 1. The molecule has 0 amide bonds. The van der Waals surface area contributed by atoms with Crippen LogP contribution in [0, 0.1) is 0 Å². The van der Waals surface area contributed by atoms with Crippen molar-refractivity contribution in [3.63, 3.8) is 0 Å². The first kappa shape index (κ1) is 13.9. The fraction of sp³-hybridized carbons (Fsp3) is 1.00. The second-order valence-electron chi connectivity index (χ2n) is 3.95. The molecule has 2 heteroatoms.